The van der Waals surface area contributed by atoms with E-state index in [4.69, 9.17) is 27.9 Å². The van der Waals surface area contributed by atoms with E-state index in [-0.39, 0.29) is 17.0 Å². The van der Waals surface area contributed by atoms with E-state index in [0.717, 1.165) is 0 Å². The average Bonchev–Trinajstić information content (AvgIpc) is 2.59. The predicted octanol–water partition coefficient (Wildman–Crippen LogP) is 3.89. The Morgan fingerprint density at radius 1 is 1.16 bits per heavy atom. The van der Waals surface area contributed by atoms with Gasteiger partial charge in [0, 0.05) is 6.07 Å². The van der Waals surface area contributed by atoms with Crippen LogP contribution in [0.5, 0.6) is 11.5 Å². The second kappa shape index (κ2) is 8.09. The number of benzene rings is 2. The Balaban J connectivity index is 2.11. The Bertz CT molecular complexity index is 810. The molecule has 2 rings (SSSR count). The third kappa shape index (κ3) is 4.55. The van der Waals surface area contributed by atoms with Crippen LogP contribution in [-0.2, 0) is 9.53 Å². The molecule has 2 N–H and O–H groups in total. The zero-order valence-electron chi connectivity index (χ0n) is 13.4. The van der Waals surface area contributed by atoms with Gasteiger partial charge in [-0.2, -0.15) is 0 Å². The Morgan fingerprint density at radius 3 is 2.52 bits per heavy atom. The first-order valence-electron chi connectivity index (χ1n) is 7.16. The molecule has 1 amide bonds. The number of hydrogen-bond donors (Lipinski definition) is 2. The molecule has 0 radical (unpaired) electrons. The molecule has 0 aliphatic heterocycles. The van der Waals surface area contributed by atoms with Crippen molar-refractivity contribution in [3.8, 4) is 11.5 Å². The van der Waals surface area contributed by atoms with Crippen molar-refractivity contribution >= 4 is 40.8 Å². The highest BCUT2D eigenvalue weighted by atomic mass is 35.5. The van der Waals surface area contributed by atoms with Gasteiger partial charge in [-0.15, -0.1) is 0 Å². The number of amides is 1. The zero-order chi connectivity index (χ0) is 18.6. The minimum absolute atomic E-state index is 0.0571. The minimum Gasteiger partial charge on any atom is -0.505 e. The van der Waals surface area contributed by atoms with Gasteiger partial charge in [0.2, 0.25) is 0 Å². The number of para-hydroxylation sites is 1. The number of methoxy groups -OCH3 is 1. The number of aromatic hydroxyl groups is 1. The first-order chi connectivity index (χ1) is 11.8. The number of phenols is 1. The summed E-state index contributed by atoms with van der Waals surface area (Å²) in [7, 11) is 1.19. The first kappa shape index (κ1) is 18.9. The largest absolute Gasteiger partial charge is 0.505 e. The fourth-order valence-electron chi connectivity index (χ4n) is 1.96. The maximum atomic E-state index is 12.2. The summed E-state index contributed by atoms with van der Waals surface area (Å²) in [5.74, 6) is -1.26. The van der Waals surface area contributed by atoms with Crippen LogP contribution in [0, 0.1) is 0 Å². The van der Waals surface area contributed by atoms with Gasteiger partial charge in [-0.05, 0) is 31.2 Å². The summed E-state index contributed by atoms with van der Waals surface area (Å²) in [6, 6.07) is 8.95. The van der Waals surface area contributed by atoms with Gasteiger partial charge in [0.05, 0.1) is 22.8 Å². The van der Waals surface area contributed by atoms with E-state index in [1.807, 2.05) is 0 Å². The lowest BCUT2D eigenvalue weighted by Crippen LogP contribution is -2.30. The van der Waals surface area contributed by atoms with Gasteiger partial charge in [-0.1, -0.05) is 29.3 Å². The second-order valence-electron chi connectivity index (χ2n) is 5.02. The third-order valence-electron chi connectivity index (χ3n) is 3.27. The summed E-state index contributed by atoms with van der Waals surface area (Å²) in [5.41, 5.74) is 0.0100. The molecule has 0 aliphatic rings. The number of nitrogens with one attached hydrogen (secondary N) is 1. The van der Waals surface area contributed by atoms with E-state index in [2.05, 4.69) is 10.1 Å². The zero-order valence-corrected chi connectivity index (χ0v) is 14.9. The topological polar surface area (TPSA) is 84.9 Å². The number of rotatable bonds is 5. The number of ether oxygens (including phenoxy) is 2. The summed E-state index contributed by atoms with van der Waals surface area (Å²) in [6.07, 6.45) is -0.890. The van der Waals surface area contributed by atoms with E-state index in [1.54, 1.807) is 12.1 Å². The van der Waals surface area contributed by atoms with Crippen molar-refractivity contribution in [2.45, 2.75) is 13.0 Å². The highest BCUT2D eigenvalue weighted by Gasteiger charge is 2.20. The monoisotopic (exact) mass is 383 g/mol. The summed E-state index contributed by atoms with van der Waals surface area (Å²) < 4.78 is 10.1. The molecule has 2 aromatic carbocycles. The van der Waals surface area contributed by atoms with E-state index < -0.39 is 18.0 Å². The Kier molecular flexibility index (Phi) is 6.12. The standard InChI is InChI=1S/C17H15Cl2NO5/c1-9(25-10-6-7-12(18)13(19)8-10)16(22)20-14-5-3-4-11(15(14)21)17(23)24-2/h3-9,21H,1-2H3,(H,20,22). The number of carbonyl (C=O) groups excluding carboxylic acids is 2. The normalized spacial score (nSPS) is 11.5. The van der Waals surface area contributed by atoms with Crippen LogP contribution in [0.15, 0.2) is 36.4 Å². The van der Waals surface area contributed by atoms with E-state index in [1.165, 1.54) is 38.3 Å². The van der Waals surface area contributed by atoms with Crippen molar-refractivity contribution in [3.05, 3.63) is 52.0 Å². The molecule has 0 aromatic heterocycles. The van der Waals surface area contributed by atoms with Crippen molar-refractivity contribution in [2.24, 2.45) is 0 Å². The maximum absolute atomic E-state index is 12.2. The van der Waals surface area contributed by atoms with Crippen molar-refractivity contribution in [2.75, 3.05) is 12.4 Å². The van der Waals surface area contributed by atoms with Gasteiger partial charge in [-0.25, -0.2) is 4.79 Å². The summed E-state index contributed by atoms with van der Waals surface area (Å²) in [6.45, 7) is 1.53. The molecule has 0 spiro atoms. The average molecular weight is 384 g/mol. The Morgan fingerprint density at radius 2 is 1.88 bits per heavy atom. The smallest absolute Gasteiger partial charge is 0.341 e. The van der Waals surface area contributed by atoms with Crippen LogP contribution in [0.25, 0.3) is 0 Å². The van der Waals surface area contributed by atoms with Gasteiger partial charge in [0.1, 0.15) is 11.3 Å². The van der Waals surface area contributed by atoms with Crippen molar-refractivity contribution in [1.29, 1.82) is 0 Å². The third-order valence-corrected chi connectivity index (χ3v) is 4.01. The van der Waals surface area contributed by atoms with Crippen molar-refractivity contribution in [1.82, 2.24) is 0 Å². The minimum atomic E-state index is -0.890. The van der Waals surface area contributed by atoms with E-state index in [0.29, 0.717) is 15.8 Å². The molecule has 2 aromatic rings. The molecular formula is C17H15Cl2NO5. The van der Waals surface area contributed by atoms with Gasteiger partial charge in [0.25, 0.3) is 5.91 Å². The molecule has 0 fully saturated rings. The van der Waals surface area contributed by atoms with Gasteiger partial charge in [-0.3, -0.25) is 4.79 Å². The van der Waals surface area contributed by atoms with Crippen LogP contribution in [0.4, 0.5) is 5.69 Å². The van der Waals surface area contributed by atoms with E-state index >= 15 is 0 Å². The Labute approximate surface area is 154 Å². The summed E-state index contributed by atoms with van der Waals surface area (Å²) in [4.78, 5) is 23.8. The first-order valence-corrected chi connectivity index (χ1v) is 7.92. The van der Waals surface area contributed by atoms with Crippen molar-refractivity contribution in [3.63, 3.8) is 0 Å². The number of anilines is 1. The van der Waals surface area contributed by atoms with E-state index in [9.17, 15) is 14.7 Å². The van der Waals surface area contributed by atoms with Crippen LogP contribution in [0.3, 0.4) is 0 Å². The number of halogens is 2. The van der Waals surface area contributed by atoms with Crippen LogP contribution in [-0.4, -0.2) is 30.2 Å². The SMILES string of the molecule is COC(=O)c1cccc(NC(=O)C(C)Oc2ccc(Cl)c(Cl)c2)c1O. The molecule has 0 saturated carbocycles. The van der Waals surface area contributed by atoms with Gasteiger partial charge >= 0.3 is 5.97 Å². The lowest BCUT2D eigenvalue weighted by Gasteiger charge is -2.16. The fraction of sp³-hybridized carbons (Fsp3) is 0.176. The summed E-state index contributed by atoms with van der Waals surface area (Å²) in [5, 5.41) is 13.3. The number of hydrogen-bond acceptors (Lipinski definition) is 5. The molecule has 0 saturated heterocycles. The Hall–Kier alpha value is -2.44. The maximum Gasteiger partial charge on any atom is 0.341 e. The molecule has 1 atom stereocenters. The number of esters is 1. The fourth-order valence-corrected chi connectivity index (χ4v) is 2.25. The lowest BCUT2D eigenvalue weighted by atomic mass is 10.1. The van der Waals surface area contributed by atoms with Gasteiger partial charge in [0.15, 0.2) is 11.9 Å². The molecule has 0 heterocycles. The second-order valence-corrected chi connectivity index (χ2v) is 5.83. The highest BCUT2D eigenvalue weighted by Crippen LogP contribution is 2.29. The molecular weight excluding hydrogens is 369 g/mol. The number of phenolic OH excluding ortho intramolecular Hbond substituents is 1. The molecule has 132 valence electrons. The van der Waals surface area contributed by atoms with Crippen molar-refractivity contribution < 1.29 is 24.2 Å². The highest BCUT2D eigenvalue weighted by molar-refractivity contribution is 6.42. The molecule has 0 bridgehead atoms. The molecule has 6 nitrogen and oxygen atoms in total. The van der Waals surface area contributed by atoms with Gasteiger partial charge < -0.3 is 19.9 Å². The van der Waals surface area contributed by atoms with Crippen LogP contribution >= 0.6 is 23.2 Å². The predicted molar refractivity (Wildman–Crippen MR) is 94.6 cm³/mol. The number of carbonyl (C=O) groups is 2. The van der Waals surface area contributed by atoms with Crippen LogP contribution in [0.2, 0.25) is 10.0 Å². The molecule has 0 aliphatic carbocycles. The molecule has 1 unspecified atom stereocenters. The quantitative estimate of drug-likeness (QED) is 0.604. The van der Waals surface area contributed by atoms with Crippen LogP contribution < -0.4 is 10.1 Å². The lowest BCUT2D eigenvalue weighted by molar-refractivity contribution is -0.122. The van der Waals surface area contributed by atoms with Crippen LogP contribution in [0.1, 0.15) is 17.3 Å². The molecule has 8 heteroatoms. The summed E-state index contributed by atoms with van der Waals surface area (Å²) >= 11 is 11.7. The molecule has 25 heavy (non-hydrogen) atoms.